The average Bonchev–Trinajstić information content (AvgIpc) is 2.52. The van der Waals surface area contributed by atoms with Crippen LogP contribution in [0.25, 0.3) is 5.57 Å². The lowest BCUT2D eigenvalue weighted by Gasteiger charge is -2.00. The number of hydrogen-bond donors (Lipinski definition) is 1. The van der Waals surface area contributed by atoms with Gasteiger partial charge >= 0.3 is 0 Å². The Morgan fingerprint density at radius 1 is 1.05 bits per heavy atom. The summed E-state index contributed by atoms with van der Waals surface area (Å²) >= 11 is 0. The molecule has 0 saturated carbocycles. The Bertz CT molecular complexity index is 482. The number of allylic oxidation sites excluding steroid dienone is 5. The highest BCUT2D eigenvalue weighted by Crippen LogP contribution is 2.18. The predicted octanol–water partition coefficient (Wildman–Crippen LogP) is 6.66. The molecule has 0 bridgehead atoms. The molecule has 1 rings (SSSR count). The van der Waals surface area contributed by atoms with Crippen LogP contribution in [0.3, 0.4) is 0 Å². The second kappa shape index (κ2) is 11.9. The summed E-state index contributed by atoms with van der Waals surface area (Å²) in [5.74, 6) is 0.279. The lowest BCUT2D eigenvalue weighted by atomic mass is 10.1. The molecule has 0 fully saturated rings. The van der Waals surface area contributed by atoms with E-state index < -0.39 is 0 Å². The predicted molar refractivity (Wildman–Crippen MR) is 98.0 cm³/mol. The van der Waals surface area contributed by atoms with Gasteiger partial charge in [-0.15, -0.1) is 0 Å². The van der Waals surface area contributed by atoms with E-state index in [4.69, 9.17) is 0 Å². The van der Waals surface area contributed by atoms with Gasteiger partial charge in [-0.05, 0) is 36.1 Å². The van der Waals surface area contributed by atoms with Gasteiger partial charge in [-0.25, -0.2) is 0 Å². The quantitative estimate of drug-likeness (QED) is 0.358. The van der Waals surface area contributed by atoms with E-state index in [2.05, 4.69) is 25.7 Å². The fourth-order valence-corrected chi connectivity index (χ4v) is 2.37. The van der Waals surface area contributed by atoms with Crippen LogP contribution in [0.4, 0.5) is 0 Å². The van der Waals surface area contributed by atoms with Crippen LogP contribution in [-0.4, -0.2) is 5.11 Å². The number of hydrogen-bond acceptors (Lipinski definition) is 1. The SMILES string of the molecule is C=C(C=CC=CCCCCCCCCC)c1cccc(O)c1. The van der Waals surface area contributed by atoms with Crippen LogP contribution >= 0.6 is 0 Å². The van der Waals surface area contributed by atoms with Gasteiger partial charge in [0.15, 0.2) is 0 Å². The molecular formula is C21H30O. The van der Waals surface area contributed by atoms with Gasteiger partial charge in [0.2, 0.25) is 0 Å². The zero-order valence-electron chi connectivity index (χ0n) is 13.9. The van der Waals surface area contributed by atoms with Crippen LogP contribution in [0.5, 0.6) is 5.75 Å². The zero-order chi connectivity index (χ0) is 16.0. The average molecular weight is 298 g/mol. The third-order valence-corrected chi connectivity index (χ3v) is 3.74. The number of unbranched alkanes of at least 4 members (excludes halogenated alkanes) is 7. The molecule has 0 amide bonds. The van der Waals surface area contributed by atoms with Gasteiger partial charge in [-0.1, -0.05) is 88.5 Å². The van der Waals surface area contributed by atoms with Crippen molar-refractivity contribution in [1.29, 1.82) is 0 Å². The monoisotopic (exact) mass is 298 g/mol. The lowest BCUT2D eigenvalue weighted by molar-refractivity contribution is 0.475. The minimum Gasteiger partial charge on any atom is -0.508 e. The topological polar surface area (TPSA) is 20.2 Å². The second-order valence-corrected chi connectivity index (χ2v) is 5.77. The summed E-state index contributed by atoms with van der Waals surface area (Å²) in [7, 11) is 0. The first kappa shape index (κ1) is 18.3. The molecule has 1 nitrogen and oxygen atoms in total. The Balaban J connectivity index is 2.13. The van der Waals surface area contributed by atoms with Crippen molar-refractivity contribution in [3.8, 4) is 5.75 Å². The molecule has 22 heavy (non-hydrogen) atoms. The van der Waals surface area contributed by atoms with Crippen molar-refractivity contribution in [3.63, 3.8) is 0 Å². The molecule has 0 heterocycles. The lowest BCUT2D eigenvalue weighted by Crippen LogP contribution is -1.79. The molecule has 1 aromatic carbocycles. The highest BCUT2D eigenvalue weighted by Gasteiger charge is 1.95. The van der Waals surface area contributed by atoms with E-state index >= 15 is 0 Å². The van der Waals surface area contributed by atoms with E-state index in [0.717, 1.165) is 17.6 Å². The molecule has 1 heteroatoms. The minimum atomic E-state index is 0.279. The van der Waals surface area contributed by atoms with Crippen molar-refractivity contribution in [3.05, 3.63) is 60.7 Å². The number of rotatable bonds is 11. The Hall–Kier alpha value is -1.76. The van der Waals surface area contributed by atoms with Crippen molar-refractivity contribution in [1.82, 2.24) is 0 Å². The molecule has 1 aromatic rings. The van der Waals surface area contributed by atoms with Crippen LogP contribution in [-0.2, 0) is 0 Å². The van der Waals surface area contributed by atoms with E-state index in [-0.39, 0.29) is 5.75 Å². The summed E-state index contributed by atoms with van der Waals surface area (Å²) in [6.07, 6.45) is 18.9. The van der Waals surface area contributed by atoms with Gasteiger partial charge in [0.1, 0.15) is 5.75 Å². The number of phenols is 1. The Morgan fingerprint density at radius 3 is 2.50 bits per heavy atom. The molecular weight excluding hydrogens is 268 g/mol. The first-order chi connectivity index (χ1) is 10.7. The molecule has 0 radical (unpaired) electrons. The fourth-order valence-electron chi connectivity index (χ4n) is 2.37. The van der Waals surface area contributed by atoms with Gasteiger partial charge in [0.25, 0.3) is 0 Å². The Morgan fingerprint density at radius 2 is 1.77 bits per heavy atom. The smallest absolute Gasteiger partial charge is 0.116 e. The summed E-state index contributed by atoms with van der Waals surface area (Å²) in [5.41, 5.74) is 1.87. The van der Waals surface area contributed by atoms with Crippen molar-refractivity contribution >= 4 is 5.57 Å². The molecule has 0 aliphatic carbocycles. The van der Waals surface area contributed by atoms with Crippen LogP contribution in [0.2, 0.25) is 0 Å². The van der Waals surface area contributed by atoms with E-state index in [1.165, 1.54) is 44.9 Å². The van der Waals surface area contributed by atoms with Gasteiger partial charge in [0.05, 0.1) is 0 Å². The maximum Gasteiger partial charge on any atom is 0.116 e. The van der Waals surface area contributed by atoms with Crippen LogP contribution in [0.15, 0.2) is 55.1 Å². The van der Waals surface area contributed by atoms with Crippen LogP contribution in [0, 0.1) is 0 Å². The number of aromatic hydroxyl groups is 1. The van der Waals surface area contributed by atoms with Crippen molar-refractivity contribution in [2.45, 2.75) is 58.3 Å². The van der Waals surface area contributed by atoms with E-state index in [1.54, 1.807) is 12.1 Å². The number of benzene rings is 1. The Labute approximate surface area is 136 Å². The largest absolute Gasteiger partial charge is 0.508 e. The second-order valence-electron chi connectivity index (χ2n) is 5.77. The summed E-state index contributed by atoms with van der Waals surface area (Å²) in [4.78, 5) is 0. The molecule has 0 saturated heterocycles. The normalized spacial score (nSPS) is 11.5. The van der Waals surface area contributed by atoms with Crippen molar-refractivity contribution < 1.29 is 5.11 Å². The van der Waals surface area contributed by atoms with Gasteiger partial charge in [-0.3, -0.25) is 0 Å². The third-order valence-electron chi connectivity index (χ3n) is 3.74. The standard InChI is InChI=1S/C21H30O/c1-3-4-5-6-7-8-9-10-11-12-13-15-19(2)20-16-14-17-21(22)18-20/h11-18,22H,2-10H2,1H3. The molecule has 0 aliphatic heterocycles. The first-order valence-electron chi connectivity index (χ1n) is 8.55. The van der Waals surface area contributed by atoms with Crippen molar-refractivity contribution in [2.75, 3.05) is 0 Å². The van der Waals surface area contributed by atoms with E-state index in [1.807, 2.05) is 24.3 Å². The first-order valence-corrected chi connectivity index (χ1v) is 8.55. The molecule has 0 aliphatic rings. The molecule has 0 atom stereocenters. The van der Waals surface area contributed by atoms with E-state index in [9.17, 15) is 5.11 Å². The summed E-state index contributed by atoms with van der Waals surface area (Å²) < 4.78 is 0. The van der Waals surface area contributed by atoms with E-state index in [0.29, 0.717) is 0 Å². The van der Waals surface area contributed by atoms with Gasteiger partial charge < -0.3 is 5.11 Å². The molecule has 1 N–H and O–H groups in total. The van der Waals surface area contributed by atoms with Crippen LogP contribution < -0.4 is 0 Å². The highest BCUT2D eigenvalue weighted by atomic mass is 16.3. The third kappa shape index (κ3) is 8.51. The number of phenolic OH excluding ortho intramolecular Hbond substituents is 1. The van der Waals surface area contributed by atoms with Gasteiger partial charge in [-0.2, -0.15) is 0 Å². The maximum atomic E-state index is 9.44. The summed E-state index contributed by atoms with van der Waals surface area (Å²) in [6, 6.07) is 7.19. The summed E-state index contributed by atoms with van der Waals surface area (Å²) in [5, 5.41) is 9.44. The maximum absolute atomic E-state index is 9.44. The fraction of sp³-hybridized carbons (Fsp3) is 0.429. The Kier molecular flexibility index (Phi) is 9.85. The molecule has 120 valence electrons. The van der Waals surface area contributed by atoms with Gasteiger partial charge in [0, 0.05) is 0 Å². The zero-order valence-corrected chi connectivity index (χ0v) is 13.9. The minimum absolute atomic E-state index is 0.279. The molecule has 0 unspecified atom stereocenters. The molecule has 0 spiro atoms. The van der Waals surface area contributed by atoms with Crippen LogP contribution in [0.1, 0.15) is 63.9 Å². The van der Waals surface area contributed by atoms with Crippen molar-refractivity contribution in [2.24, 2.45) is 0 Å². The summed E-state index contributed by atoms with van der Waals surface area (Å²) in [6.45, 7) is 6.27. The molecule has 0 aromatic heterocycles. The highest BCUT2D eigenvalue weighted by molar-refractivity contribution is 5.72.